The van der Waals surface area contributed by atoms with Crippen molar-refractivity contribution in [3.63, 3.8) is 0 Å². The van der Waals surface area contributed by atoms with Crippen LogP contribution >= 0.6 is 35.2 Å². The van der Waals surface area contributed by atoms with Gasteiger partial charge in [-0.15, -0.1) is 0 Å². The Morgan fingerprint density at radius 2 is 1.75 bits per heavy atom. The second-order valence-corrected chi connectivity index (χ2v) is 22.6. The van der Waals surface area contributed by atoms with Gasteiger partial charge in [0.25, 0.3) is 0 Å². The summed E-state index contributed by atoms with van der Waals surface area (Å²) in [5.41, 5.74) is 5.16. The van der Waals surface area contributed by atoms with E-state index in [9.17, 15) is 67.8 Å². The quantitative estimate of drug-likeness (QED) is 0.0295. The maximum Gasteiger partial charge on any atom is 0.481 e. The van der Waals surface area contributed by atoms with Gasteiger partial charge in [-0.25, -0.2) is 28.6 Å². The fourth-order valence-corrected chi connectivity index (χ4v) is 10.7. The van der Waals surface area contributed by atoms with Crippen molar-refractivity contribution >= 4 is 74.9 Å². The molecule has 9 unspecified atom stereocenters. The topological polar surface area (TPSA) is 401 Å². The van der Waals surface area contributed by atoms with Crippen LogP contribution in [-0.4, -0.2) is 140 Å². The van der Waals surface area contributed by atoms with Crippen LogP contribution in [0.25, 0.3) is 11.2 Å². The van der Waals surface area contributed by atoms with Crippen LogP contribution in [0.2, 0.25) is 0 Å². The van der Waals surface area contributed by atoms with Crippen LogP contribution in [0.15, 0.2) is 48.6 Å². The highest BCUT2D eigenvalue weighted by molar-refractivity contribution is 8.13. The lowest BCUT2D eigenvalue weighted by molar-refractivity contribution is -0.137. The number of phosphoric ester groups is 3. The van der Waals surface area contributed by atoms with Gasteiger partial charge >= 0.3 is 23.5 Å². The second kappa shape index (κ2) is 27.6. The minimum absolute atomic E-state index is 0.0235. The number of carbonyl (C=O) groups is 4. The number of aromatic nitrogens is 4. The SMILES string of the molecule is CCCCCC(O)/C=C/C1=CCC(=O)C1C/C=C/CCCC(=O)SCCNC(=O)CCNC(=O)C(O)C(C)(C)COP(=O)(O)OP(=O)(O)OCC1OC(n2cnc3c(N)ncnc32)C(O)C1OP(=O)(O)O. The highest BCUT2D eigenvalue weighted by atomic mass is 32.2. The summed E-state index contributed by atoms with van der Waals surface area (Å²) in [6, 6.07) is 0. The monoisotopic (exact) mass is 1080 g/mol. The number of Topliss-reactive ketones (excluding diaryl/α,β-unsaturated/α-hetero) is 1. The molecule has 2 aromatic heterocycles. The molecule has 9 atom stereocenters. The zero-order valence-electron chi connectivity index (χ0n) is 39.3. The number of anilines is 1. The summed E-state index contributed by atoms with van der Waals surface area (Å²) in [7, 11) is -16.5. The highest BCUT2D eigenvalue weighted by Gasteiger charge is 2.50. The second-order valence-electron chi connectivity index (χ2n) is 17.2. The maximum atomic E-state index is 12.8. The molecular formula is C41H64N7O19P3S. The summed E-state index contributed by atoms with van der Waals surface area (Å²) in [6.45, 7) is 2.49. The molecule has 0 saturated carbocycles. The van der Waals surface area contributed by atoms with E-state index in [1.54, 1.807) is 6.08 Å². The summed E-state index contributed by atoms with van der Waals surface area (Å²) in [5, 5.41) is 36.7. The van der Waals surface area contributed by atoms with Gasteiger partial charge in [0, 0.05) is 49.4 Å². The molecule has 0 bridgehead atoms. The average molecular weight is 1080 g/mol. The van der Waals surface area contributed by atoms with E-state index in [2.05, 4.69) is 41.3 Å². The van der Waals surface area contributed by atoms with Crippen molar-refractivity contribution in [3.05, 3.63) is 48.6 Å². The predicted molar refractivity (Wildman–Crippen MR) is 255 cm³/mol. The minimum Gasteiger partial charge on any atom is -0.389 e. The van der Waals surface area contributed by atoms with Gasteiger partial charge in [0.15, 0.2) is 22.8 Å². The van der Waals surface area contributed by atoms with E-state index in [-0.39, 0.29) is 53.3 Å². The smallest absolute Gasteiger partial charge is 0.389 e. The van der Waals surface area contributed by atoms with Gasteiger partial charge in [-0.05, 0) is 31.3 Å². The van der Waals surface area contributed by atoms with E-state index < -0.39 is 90.7 Å². The number of nitrogen functional groups attached to an aromatic ring is 1. The number of unbranched alkanes of at least 4 members (excludes halogenated alkanes) is 3. The van der Waals surface area contributed by atoms with E-state index in [0.29, 0.717) is 44.3 Å². The Labute approximate surface area is 413 Å². The number of rotatable bonds is 31. The molecule has 1 aliphatic carbocycles. The molecule has 4 rings (SSSR count). The number of hydrogen-bond donors (Lipinski definition) is 10. The first kappa shape index (κ1) is 60.0. The number of aliphatic hydroxyl groups is 3. The lowest BCUT2D eigenvalue weighted by atomic mass is 9.87. The summed E-state index contributed by atoms with van der Waals surface area (Å²) >= 11 is 1.06. The van der Waals surface area contributed by atoms with E-state index in [1.807, 2.05) is 24.3 Å². The van der Waals surface area contributed by atoms with Crippen LogP contribution < -0.4 is 16.4 Å². The molecule has 1 aliphatic heterocycles. The molecule has 0 radical (unpaired) electrons. The van der Waals surface area contributed by atoms with Gasteiger partial charge in [-0.3, -0.25) is 37.3 Å². The first-order valence-electron chi connectivity index (χ1n) is 22.6. The van der Waals surface area contributed by atoms with E-state index >= 15 is 0 Å². The molecule has 2 aliphatic rings. The van der Waals surface area contributed by atoms with Crippen molar-refractivity contribution in [1.82, 2.24) is 30.2 Å². The van der Waals surface area contributed by atoms with Crippen molar-refractivity contribution in [1.29, 1.82) is 0 Å². The number of nitrogens with one attached hydrogen (secondary N) is 2. The normalized spacial score (nSPS) is 22.4. The predicted octanol–water partition coefficient (Wildman–Crippen LogP) is 2.79. The van der Waals surface area contributed by atoms with Crippen molar-refractivity contribution in [3.8, 4) is 0 Å². The number of imidazole rings is 1. The number of fused-ring (bicyclic) bond motifs is 1. The van der Waals surface area contributed by atoms with Crippen molar-refractivity contribution in [2.75, 3.05) is 37.8 Å². The zero-order chi connectivity index (χ0) is 52.6. The number of carbonyl (C=O) groups excluding carboxylic acids is 4. The van der Waals surface area contributed by atoms with Gasteiger partial charge in [0.2, 0.25) is 11.8 Å². The zero-order valence-corrected chi connectivity index (χ0v) is 42.8. The lowest BCUT2D eigenvalue weighted by Crippen LogP contribution is -2.46. The Morgan fingerprint density at radius 3 is 2.46 bits per heavy atom. The molecular weight excluding hydrogens is 1020 g/mol. The fourth-order valence-electron chi connectivity index (χ4n) is 7.14. The van der Waals surface area contributed by atoms with Crippen LogP contribution in [0.1, 0.15) is 91.2 Å². The molecule has 0 aromatic carbocycles. The van der Waals surface area contributed by atoms with E-state index in [4.69, 9.17) is 19.5 Å². The Bertz CT molecular complexity index is 2380. The highest BCUT2D eigenvalue weighted by Crippen LogP contribution is 2.61. The third kappa shape index (κ3) is 19.7. The van der Waals surface area contributed by atoms with Gasteiger partial charge in [-0.2, -0.15) is 4.31 Å². The first-order chi connectivity index (χ1) is 33.3. The van der Waals surface area contributed by atoms with Gasteiger partial charge in [0.1, 0.15) is 42.0 Å². The van der Waals surface area contributed by atoms with Crippen LogP contribution in [0.5, 0.6) is 0 Å². The van der Waals surface area contributed by atoms with Crippen molar-refractivity contribution < 1.29 is 90.4 Å². The van der Waals surface area contributed by atoms with E-state index in [1.165, 1.54) is 13.8 Å². The van der Waals surface area contributed by atoms with Crippen LogP contribution in [0.3, 0.4) is 0 Å². The molecule has 71 heavy (non-hydrogen) atoms. The van der Waals surface area contributed by atoms with Crippen molar-refractivity contribution in [2.45, 2.75) is 122 Å². The number of phosphoric acid groups is 3. The number of amides is 2. The minimum atomic E-state index is -5.60. The molecule has 30 heteroatoms. The van der Waals surface area contributed by atoms with Gasteiger partial charge < -0.3 is 56.0 Å². The molecule has 11 N–H and O–H groups in total. The Hall–Kier alpha value is -3.59. The van der Waals surface area contributed by atoms with E-state index in [0.717, 1.165) is 53.8 Å². The maximum absolute atomic E-state index is 12.8. The van der Waals surface area contributed by atoms with Crippen LogP contribution in [0, 0.1) is 11.3 Å². The molecule has 1 saturated heterocycles. The number of thioether (sulfide) groups is 1. The summed E-state index contributed by atoms with van der Waals surface area (Å²) in [6.07, 6.45) is 8.12. The molecule has 398 valence electrons. The van der Waals surface area contributed by atoms with Gasteiger partial charge in [-0.1, -0.05) is 82.2 Å². The number of nitrogens with zero attached hydrogens (tertiary/aromatic N) is 4. The molecule has 1 fully saturated rings. The molecule has 2 aromatic rings. The number of allylic oxidation sites excluding steroid dienone is 5. The molecule has 2 amide bonds. The number of nitrogens with two attached hydrogens (primary N) is 1. The summed E-state index contributed by atoms with van der Waals surface area (Å²) < 4.78 is 62.4. The number of ether oxygens (including phenoxy) is 1. The number of aliphatic hydroxyl groups excluding tert-OH is 3. The average Bonchev–Trinajstić information content (AvgIpc) is 3.97. The molecule has 26 nitrogen and oxygen atoms in total. The standard InChI is InChI=1S/C41H64N7O19P3S/c1-4-5-8-11-27(49)16-14-26-15-17-29(50)28(26)12-9-6-7-10-13-32(52)71-21-20-43-31(51)18-19-44-39(55)36(54)41(2,3)23-64-70(61,62)67-69(59,60)63-22-30-35(66-68(56,57)58)34(53)40(65-30)48-25-47-33-37(42)45-24-46-38(33)48/h6,9,14-16,24-25,27-28,30,34-36,40,49,53-54H,4-5,7-8,10-13,17-23H2,1-3H3,(H,43,51)(H,44,55)(H,59,60)(H,61,62)(H2,42,45,46)(H2,56,57,58)/b9-6+,16-14+. The Kier molecular flexibility index (Phi) is 23.3. The number of ketones is 1. The van der Waals surface area contributed by atoms with Crippen molar-refractivity contribution in [2.24, 2.45) is 11.3 Å². The fraction of sp³-hybridized carbons (Fsp3) is 0.634. The Morgan fingerprint density at radius 1 is 1.01 bits per heavy atom. The van der Waals surface area contributed by atoms with Crippen LogP contribution in [-0.2, 0) is 55.5 Å². The lowest BCUT2D eigenvalue weighted by Gasteiger charge is -2.30. The van der Waals surface area contributed by atoms with Crippen LogP contribution in [0.4, 0.5) is 5.82 Å². The largest absolute Gasteiger partial charge is 0.481 e. The summed E-state index contributed by atoms with van der Waals surface area (Å²) in [5.74, 6) is -1.29. The third-order valence-corrected chi connectivity index (χ3v) is 15.0. The first-order valence-corrected chi connectivity index (χ1v) is 28.1. The molecule has 3 heterocycles. The Balaban J connectivity index is 1.10. The number of hydrogen-bond acceptors (Lipinski definition) is 20. The van der Waals surface area contributed by atoms with Gasteiger partial charge in [0.05, 0.1) is 25.6 Å². The summed E-state index contributed by atoms with van der Waals surface area (Å²) in [4.78, 5) is 101. The molecule has 0 spiro atoms. The third-order valence-electron chi connectivity index (χ3n) is 11.0.